The molecule has 0 saturated heterocycles. The molecule has 2 aromatic heterocycles. The second-order valence-electron chi connectivity index (χ2n) is 6.45. The molecule has 6 nitrogen and oxygen atoms in total. The number of nitrogens with zero attached hydrogens (tertiary/aromatic N) is 3. The molecule has 0 unspecified atom stereocenters. The van der Waals surface area contributed by atoms with Gasteiger partial charge in [-0.2, -0.15) is 0 Å². The van der Waals surface area contributed by atoms with Crippen LogP contribution < -0.4 is 5.32 Å². The molecule has 0 aliphatic rings. The topological polar surface area (TPSA) is 71.3 Å². The van der Waals surface area contributed by atoms with Crippen LogP contribution in [0.4, 0.5) is 0 Å². The number of hydrogen-bond acceptors (Lipinski definition) is 6. The molecule has 0 atom stereocenters. The third-order valence-corrected chi connectivity index (χ3v) is 4.93. The smallest absolute Gasteiger partial charge is 0.257 e. The summed E-state index contributed by atoms with van der Waals surface area (Å²) < 4.78 is 5.74. The number of benzene rings is 1. The van der Waals surface area contributed by atoms with Gasteiger partial charge in [0.05, 0.1) is 18.0 Å². The normalized spacial score (nSPS) is 11.1. The fourth-order valence-corrected chi connectivity index (χ4v) is 3.35. The number of rotatable bonds is 9. The van der Waals surface area contributed by atoms with Gasteiger partial charge in [0.15, 0.2) is 0 Å². The molecule has 7 heteroatoms. The predicted octanol–water partition coefficient (Wildman–Crippen LogP) is 3.63. The van der Waals surface area contributed by atoms with Gasteiger partial charge in [0.2, 0.25) is 11.8 Å². The van der Waals surface area contributed by atoms with Gasteiger partial charge in [-0.1, -0.05) is 42.8 Å². The lowest BCUT2D eigenvalue weighted by Crippen LogP contribution is -2.37. The SMILES string of the molecule is CCCN(CC(=O)NCc1ccc(C)cc1)Cc1nnc(-c2cccs2)o1. The molecule has 2 heterocycles. The van der Waals surface area contributed by atoms with E-state index in [0.717, 1.165) is 23.4 Å². The van der Waals surface area contributed by atoms with Gasteiger partial charge in [0.1, 0.15) is 0 Å². The minimum absolute atomic E-state index is 0.0120. The van der Waals surface area contributed by atoms with Crippen LogP contribution in [0.25, 0.3) is 10.8 Å². The average molecular weight is 385 g/mol. The van der Waals surface area contributed by atoms with Gasteiger partial charge in [0.25, 0.3) is 5.89 Å². The lowest BCUT2D eigenvalue weighted by molar-refractivity contribution is -0.122. The molecule has 142 valence electrons. The Morgan fingerprint density at radius 3 is 2.74 bits per heavy atom. The predicted molar refractivity (Wildman–Crippen MR) is 106 cm³/mol. The zero-order valence-corrected chi connectivity index (χ0v) is 16.5. The van der Waals surface area contributed by atoms with E-state index >= 15 is 0 Å². The first kappa shape index (κ1) is 19.3. The van der Waals surface area contributed by atoms with E-state index < -0.39 is 0 Å². The zero-order chi connectivity index (χ0) is 19.1. The van der Waals surface area contributed by atoms with Crippen molar-refractivity contribution in [2.24, 2.45) is 0 Å². The van der Waals surface area contributed by atoms with Crippen molar-refractivity contribution >= 4 is 17.2 Å². The van der Waals surface area contributed by atoms with E-state index in [4.69, 9.17) is 4.42 Å². The molecule has 1 N–H and O–H groups in total. The van der Waals surface area contributed by atoms with Crippen LogP contribution in [0.15, 0.2) is 46.2 Å². The summed E-state index contributed by atoms with van der Waals surface area (Å²) in [5, 5.41) is 13.2. The average Bonchev–Trinajstić information content (AvgIpc) is 3.33. The van der Waals surface area contributed by atoms with E-state index in [-0.39, 0.29) is 5.91 Å². The fourth-order valence-electron chi connectivity index (χ4n) is 2.70. The number of thiophene rings is 1. The monoisotopic (exact) mass is 384 g/mol. The molecule has 0 saturated carbocycles. The molecular formula is C20H24N4O2S. The van der Waals surface area contributed by atoms with Gasteiger partial charge in [-0.05, 0) is 36.9 Å². The molecule has 0 spiro atoms. The second kappa shape index (κ2) is 9.43. The molecule has 0 radical (unpaired) electrons. The number of hydrogen-bond donors (Lipinski definition) is 1. The van der Waals surface area contributed by atoms with Gasteiger partial charge < -0.3 is 9.73 Å². The summed E-state index contributed by atoms with van der Waals surface area (Å²) in [4.78, 5) is 15.3. The number of amides is 1. The van der Waals surface area contributed by atoms with Crippen molar-refractivity contribution < 1.29 is 9.21 Å². The molecule has 1 aromatic carbocycles. The fraction of sp³-hybridized carbons (Fsp3) is 0.350. The second-order valence-corrected chi connectivity index (χ2v) is 7.40. The summed E-state index contributed by atoms with van der Waals surface area (Å²) in [6.45, 7) is 6.21. The van der Waals surface area contributed by atoms with Crippen molar-refractivity contribution in [3.8, 4) is 10.8 Å². The maximum atomic E-state index is 12.3. The molecule has 27 heavy (non-hydrogen) atoms. The van der Waals surface area contributed by atoms with Crippen molar-refractivity contribution in [2.75, 3.05) is 13.1 Å². The lowest BCUT2D eigenvalue weighted by Gasteiger charge is -2.19. The molecule has 0 bridgehead atoms. The van der Waals surface area contributed by atoms with Crippen LogP contribution in [0, 0.1) is 6.92 Å². The summed E-state index contributed by atoms with van der Waals surface area (Å²) >= 11 is 1.56. The van der Waals surface area contributed by atoms with E-state index in [1.165, 1.54) is 5.56 Å². The first-order valence-electron chi connectivity index (χ1n) is 9.05. The highest BCUT2D eigenvalue weighted by Gasteiger charge is 2.15. The molecule has 1 amide bonds. The van der Waals surface area contributed by atoms with Crippen LogP contribution in [0.1, 0.15) is 30.4 Å². The van der Waals surface area contributed by atoms with E-state index in [9.17, 15) is 4.79 Å². The van der Waals surface area contributed by atoms with Crippen LogP contribution >= 0.6 is 11.3 Å². The highest BCUT2D eigenvalue weighted by molar-refractivity contribution is 7.13. The summed E-state index contributed by atoms with van der Waals surface area (Å²) in [6.07, 6.45) is 0.942. The highest BCUT2D eigenvalue weighted by atomic mass is 32.1. The van der Waals surface area contributed by atoms with Gasteiger partial charge in [-0.3, -0.25) is 9.69 Å². The summed E-state index contributed by atoms with van der Waals surface area (Å²) in [7, 11) is 0. The Labute approximate surface area is 163 Å². The van der Waals surface area contributed by atoms with Crippen LogP contribution in [-0.2, 0) is 17.9 Å². The molecular weight excluding hydrogens is 360 g/mol. The number of carbonyl (C=O) groups is 1. The van der Waals surface area contributed by atoms with E-state index in [2.05, 4.69) is 22.4 Å². The molecule has 0 aliphatic carbocycles. The van der Waals surface area contributed by atoms with E-state index in [1.54, 1.807) is 11.3 Å². The minimum Gasteiger partial charge on any atom is -0.419 e. The van der Waals surface area contributed by atoms with Crippen molar-refractivity contribution in [1.29, 1.82) is 0 Å². The summed E-state index contributed by atoms with van der Waals surface area (Å²) in [6, 6.07) is 12.1. The Balaban J connectivity index is 1.53. The third-order valence-electron chi connectivity index (χ3n) is 4.08. The van der Waals surface area contributed by atoms with Crippen LogP contribution in [-0.4, -0.2) is 34.1 Å². The molecule has 3 aromatic rings. The summed E-state index contributed by atoms with van der Waals surface area (Å²) in [5.41, 5.74) is 2.30. The van der Waals surface area contributed by atoms with Crippen LogP contribution in [0.3, 0.4) is 0 Å². The van der Waals surface area contributed by atoms with E-state index in [0.29, 0.717) is 31.4 Å². The van der Waals surface area contributed by atoms with Gasteiger partial charge in [0, 0.05) is 6.54 Å². The third kappa shape index (κ3) is 5.74. The Morgan fingerprint density at radius 2 is 2.04 bits per heavy atom. The standard InChI is InChI=1S/C20H24N4O2S/c1-3-10-24(13-18(25)21-12-16-8-6-15(2)7-9-16)14-19-22-23-20(26-19)17-5-4-11-27-17/h4-9,11H,3,10,12-14H2,1-2H3,(H,21,25). The number of aromatic nitrogens is 2. The first-order chi connectivity index (χ1) is 13.1. The Kier molecular flexibility index (Phi) is 6.73. The number of aryl methyl sites for hydroxylation is 1. The van der Waals surface area contributed by atoms with Crippen molar-refractivity contribution in [1.82, 2.24) is 20.4 Å². The maximum Gasteiger partial charge on any atom is 0.257 e. The van der Waals surface area contributed by atoms with Gasteiger partial charge in [-0.15, -0.1) is 21.5 Å². The number of nitrogens with one attached hydrogen (secondary N) is 1. The molecule has 0 aliphatic heterocycles. The summed E-state index contributed by atoms with van der Waals surface area (Å²) in [5.74, 6) is 1.04. The largest absolute Gasteiger partial charge is 0.419 e. The van der Waals surface area contributed by atoms with Crippen LogP contribution in [0.5, 0.6) is 0 Å². The highest BCUT2D eigenvalue weighted by Crippen LogP contribution is 2.23. The zero-order valence-electron chi connectivity index (χ0n) is 15.6. The lowest BCUT2D eigenvalue weighted by atomic mass is 10.1. The van der Waals surface area contributed by atoms with E-state index in [1.807, 2.05) is 53.6 Å². The van der Waals surface area contributed by atoms with Crippen molar-refractivity contribution in [3.05, 3.63) is 58.8 Å². The maximum absolute atomic E-state index is 12.3. The Morgan fingerprint density at radius 1 is 1.22 bits per heavy atom. The quantitative estimate of drug-likeness (QED) is 0.610. The van der Waals surface area contributed by atoms with Crippen LogP contribution in [0.2, 0.25) is 0 Å². The molecule has 0 fully saturated rings. The molecule has 3 rings (SSSR count). The first-order valence-corrected chi connectivity index (χ1v) is 9.93. The number of carbonyl (C=O) groups excluding carboxylic acids is 1. The Hall–Kier alpha value is -2.51. The van der Waals surface area contributed by atoms with Gasteiger partial charge in [-0.25, -0.2) is 0 Å². The van der Waals surface area contributed by atoms with Crippen molar-refractivity contribution in [2.45, 2.75) is 33.4 Å². The Bertz CT molecular complexity index is 843. The van der Waals surface area contributed by atoms with Gasteiger partial charge >= 0.3 is 0 Å². The minimum atomic E-state index is -0.0120. The van der Waals surface area contributed by atoms with Crippen molar-refractivity contribution in [3.63, 3.8) is 0 Å².